The summed E-state index contributed by atoms with van der Waals surface area (Å²) in [6.07, 6.45) is -4.97. The molecule has 0 aromatic carbocycles. The molecule has 0 amide bonds. The first kappa shape index (κ1) is 25.7. The molecule has 12 nitrogen and oxygen atoms in total. The number of hydrogen-bond donors (Lipinski definition) is 6. The summed E-state index contributed by atoms with van der Waals surface area (Å²) >= 11 is 0. The molecule has 4 atom stereocenters. The molecule has 0 aromatic heterocycles. The van der Waals surface area contributed by atoms with Crippen LogP contribution in [-0.2, 0) is 28.7 Å². The van der Waals surface area contributed by atoms with Crippen molar-refractivity contribution >= 4 is 23.9 Å². The van der Waals surface area contributed by atoms with Gasteiger partial charge in [0.05, 0.1) is 13.2 Å². The van der Waals surface area contributed by atoms with Gasteiger partial charge in [-0.15, -0.1) is 0 Å². The number of ether oxygens (including phenoxy) is 2. The maximum absolute atomic E-state index is 11.3. The normalized spacial score (nSPS) is 15.1. The van der Waals surface area contributed by atoms with Crippen LogP contribution in [0.25, 0.3) is 0 Å². The monoisotopic (exact) mass is 410 g/mol. The van der Waals surface area contributed by atoms with Crippen molar-refractivity contribution in [3.63, 3.8) is 0 Å². The third-order valence-electron chi connectivity index (χ3n) is 3.61. The number of hydrogen-bond acceptors (Lipinski definition) is 10. The number of rotatable bonds is 15. The van der Waals surface area contributed by atoms with Crippen LogP contribution in [0, 0.1) is 0 Å². The fraction of sp³-hybridized carbons (Fsp3) is 0.750. The zero-order chi connectivity index (χ0) is 21.7. The van der Waals surface area contributed by atoms with Crippen LogP contribution in [0.15, 0.2) is 0 Å². The highest BCUT2D eigenvalue weighted by Gasteiger charge is 2.32. The van der Waals surface area contributed by atoms with Gasteiger partial charge in [-0.05, 0) is 12.8 Å². The summed E-state index contributed by atoms with van der Waals surface area (Å²) in [5.74, 6) is -5.90. The molecule has 0 rings (SSSR count). The molecular weight excluding hydrogens is 384 g/mol. The van der Waals surface area contributed by atoms with E-state index < -0.39 is 48.3 Å². The summed E-state index contributed by atoms with van der Waals surface area (Å²) in [6.45, 7) is -0.0761. The van der Waals surface area contributed by atoms with Gasteiger partial charge in [-0.25, -0.2) is 19.2 Å². The molecule has 28 heavy (non-hydrogen) atoms. The summed E-state index contributed by atoms with van der Waals surface area (Å²) in [7, 11) is 0. The van der Waals surface area contributed by atoms with Gasteiger partial charge in [0, 0.05) is 0 Å². The zero-order valence-electron chi connectivity index (χ0n) is 15.1. The molecule has 0 radical (unpaired) electrons. The molecule has 0 aromatic rings. The Hall–Kier alpha value is -2.28. The van der Waals surface area contributed by atoms with E-state index in [1.54, 1.807) is 0 Å². The minimum Gasteiger partial charge on any atom is -0.479 e. The van der Waals surface area contributed by atoms with E-state index in [4.69, 9.17) is 20.4 Å². The average Bonchev–Trinajstić information content (AvgIpc) is 2.66. The number of carboxylic acid groups (broad SMARTS) is 2. The maximum Gasteiger partial charge on any atom is 0.338 e. The number of carbonyl (C=O) groups excluding carboxylic acids is 2. The van der Waals surface area contributed by atoms with E-state index >= 15 is 0 Å². The third-order valence-corrected chi connectivity index (χ3v) is 3.61. The molecule has 162 valence electrons. The number of carbonyl (C=O) groups is 4. The zero-order valence-corrected chi connectivity index (χ0v) is 15.1. The lowest BCUT2D eigenvalue weighted by molar-refractivity contribution is -0.169. The van der Waals surface area contributed by atoms with Crippen LogP contribution in [0.3, 0.4) is 0 Å². The minimum absolute atomic E-state index is 0.0381. The number of aliphatic hydroxyl groups is 4. The fourth-order valence-electron chi connectivity index (χ4n) is 1.96. The van der Waals surface area contributed by atoms with Gasteiger partial charge in [0.25, 0.3) is 0 Å². The topological polar surface area (TPSA) is 208 Å². The molecule has 6 N–H and O–H groups in total. The quantitative estimate of drug-likeness (QED) is 0.128. The van der Waals surface area contributed by atoms with Crippen molar-refractivity contribution in [2.24, 2.45) is 0 Å². The predicted octanol–water partition coefficient (Wildman–Crippen LogP) is -1.97. The number of aliphatic hydroxyl groups excluding tert-OH is 4. The van der Waals surface area contributed by atoms with Crippen molar-refractivity contribution in [1.29, 1.82) is 0 Å². The molecule has 0 heterocycles. The molecule has 0 aliphatic carbocycles. The summed E-state index contributed by atoms with van der Waals surface area (Å²) in [6, 6.07) is 0. The Morgan fingerprint density at radius 3 is 1.11 bits per heavy atom. The minimum atomic E-state index is -2.24. The average molecular weight is 410 g/mol. The van der Waals surface area contributed by atoms with E-state index in [2.05, 4.69) is 9.47 Å². The Morgan fingerprint density at radius 2 is 0.821 bits per heavy atom. The molecule has 0 fully saturated rings. The van der Waals surface area contributed by atoms with Gasteiger partial charge < -0.3 is 40.1 Å². The molecule has 0 aliphatic rings. The number of carboxylic acids is 2. The van der Waals surface area contributed by atoms with Crippen molar-refractivity contribution in [3.05, 3.63) is 0 Å². The lowest BCUT2D eigenvalue weighted by Crippen LogP contribution is -2.40. The van der Waals surface area contributed by atoms with Crippen LogP contribution in [0.1, 0.15) is 38.5 Å². The van der Waals surface area contributed by atoms with Crippen LogP contribution in [0.5, 0.6) is 0 Å². The van der Waals surface area contributed by atoms with Crippen molar-refractivity contribution < 1.29 is 59.3 Å². The smallest absolute Gasteiger partial charge is 0.338 e. The maximum atomic E-state index is 11.3. The lowest BCUT2D eigenvalue weighted by Gasteiger charge is -2.13. The molecule has 0 saturated heterocycles. The van der Waals surface area contributed by atoms with Crippen LogP contribution in [-0.4, -0.2) is 92.1 Å². The van der Waals surface area contributed by atoms with E-state index in [-0.39, 0.29) is 13.2 Å². The van der Waals surface area contributed by atoms with Gasteiger partial charge in [-0.2, -0.15) is 0 Å². The van der Waals surface area contributed by atoms with Crippen molar-refractivity contribution in [2.75, 3.05) is 13.2 Å². The Balaban J connectivity index is 3.65. The first-order valence-corrected chi connectivity index (χ1v) is 8.60. The van der Waals surface area contributed by atoms with Crippen molar-refractivity contribution in [1.82, 2.24) is 0 Å². The molecule has 0 saturated carbocycles. The van der Waals surface area contributed by atoms with E-state index in [0.717, 1.165) is 12.8 Å². The molecule has 0 bridgehead atoms. The van der Waals surface area contributed by atoms with Gasteiger partial charge in [-0.3, -0.25) is 0 Å². The Labute approximate surface area is 160 Å². The standard InChI is InChI=1S/C16H26O12/c17-9(13(21)22)11(19)15(25)27-7-5-3-1-2-4-6-8-28-16(26)12(20)10(18)14(23)24/h9-12,17-20H,1-8H2,(H,21,22)(H,23,24). The second-order valence-corrected chi connectivity index (χ2v) is 5.91. The second-order valence-electron chi connectivity index (χ2n) is 5.91. The van der Waals surface area contributed by atoms with E-state index in [1.807, 2.05) is 0 Å². The van der Waals surface area contributed by atoms with Crippen molar-refractivity contribution in [3.8, 4) is 0 Å². The van der Waals surface area contributed by atoms with Crippen LogP contribution in [0.2, 0.25) is 0 Å². The largest absolute Gasteiger partial charge is 0.479 e. The summed E-state index contributed by atoms with van der Waals surface area (Å²) in [5.41, 5.74) is 0. The predicted molar refractivity (Wildman–Crippen MR) is 88.9 cm³/mol. The van der Waals surface area contributed by atoms with Crippen LogP contribution < -0.4 is 0 Å². The number of esters is 2. The lowest BCUT2D eigenvalue weighted by atomic mass is 10.1. The molecule has 12 heteroatoms. The molecule has 0 spiro atoms. The first-order chi connectivity index (χ1) is 13.1. The first-order valence-electron chi connectivity index (χ1n) is 8.60. The van der Waals surface area contributed by atoms with Gasteiger partial charge in [0.15, 0.2) is 24.4 Å². The second kappa shape index (κ2) is 13.8. The number of unbranched alkanes of at least 4 members (excludes halogenated alkanes) is 5. The summed E-state index contributed by atoms with van der Waals surface area (Å²) < 4.78 is 9.30. The summed E-state index contributed by atoms with van der Waals surface area (Å²) in [5, 5.41) is 53.3. The highest BCUT2D eigenvalue weighted by molar-refractivity contribution is 5.84. The Bertz CT molecular complexity index is 474. The van der Waals surface area contributed by atoms with Crippen LogP contribution in [0.4, 0.5) is 0 Å². The third kappa shape index (κ3) is 10.2. The van der Waals surface area contributed by atoms with E-state index in [1.165, 1.54) is 0 Å². The Kier molecular flexibility index (Phi) is 12.7. The highest BCUT2D eigenvalue weighted by Crippen LogP contribution is 2.07. The van der Waals surface area contributed by atoms with Gasteiger partial charge in [-0.1, -0.05) is 25.7 Å². The Morgan fingerprint density at radius 1 is 0.536 bits per heavy atom. The SMILES string of the molecule is O=C(O)C(O)C(O)C(=O)OCCCCCCCCOC(=O)C(O)C(O)C(=O)O. The molecule has 0 aliphatic heterocycles. The van der Waals surface area contributed by atoms with E-state index in [9.17, 15) is 29.4 Å². The highest BCUT2D eigenvalue weighted by atomic mass is 16.6. The van der Waals surface area contributed by atoms with Gasteiger partial charge in [0.1, 0.15) is 0 Å². The van der Waals surface area contributed by atoms with E-state index in [0.29, 0.717) is 25.7 Å². The van der Waals surface area contributed by atoms with Gasteiger partial charge >= 0.3 is 23.9 Å². The van der Waals surface area contributed by atoms with Crippen molar-refractivity contribution in [2.45, 2.75) is 62.9 Å². The molecule has 4 unspecified atom stereocenters. The fourth-order valence-corrected chi connectivity index (χ4v) is 1.96. The van der Waals surface area contributed by atoms with Gasteiger partial charge in [0.2, 0.25) is 0 Å². The van der Waals surface area contributed by atoms with Crippen LogP contribution >= 0.6 is 0 Å². The summed E-state index contributed by atoms with van der Waals surface area (Å²) in [4.78, 5) is 43.4. The number of aliphatic carboxylic acids is 2. The molecular formula is C16H26O12.